The van der Waals surface area contributed by atoms with E-state index >= 15 is 0 Å². The molecule has 0 heterocycles. The van der Waals surface area contributed by atoms with Crippen LogP contribution < -0.4 is 4.74 Å². The summed E-state index contributed by atoms with van der Waals surface area (Å²) in [6, 6.07) is 4.73. The molecule has 0 aliphatic carbocycles. The third kappa shape index (κ3) is 2.05. The van der Waals surface area contributed by atoms with E-state index < -0.39 is 0 Å². The SMILES string of the molecule is CN=C(C)c1ccc(OC)cc1F. The monoisotopic (exact) mass is 181 g/mol. The summed E-state index contributed by atoms with van der Waals surface area (Å²) in [5, 5.41) is 0. The second kappa shape index (κ2) is 4.03. The molecule has 13 heavy (non-hydrogen) atoms. The molecule has 2 nitrogen and oxygen atoms in total. The molecule has 0 N–H and O–H groups in total. The molecule has 0 spiro atoms. The average molecular weight is 181 g/mol. The Kier molecular flexibility index (Phi) is 3.01. The van der Waals surface area contributed by atoms with Gasteiger partial charge in [0.25, 0.3) is 0 Å². The molecule has 0 saturated carbocycles. The van der Waals surface area contributed by atoms with Crippen LogP contribution in [-0.4, -0.2) is 19.9 Å². The largest absolute Gasteiger partial charge is 0.497 e. The number of halogens is 1. The molecule has 1 rings (SSSR count). The zero-order valence-electron chi connectivity index (χ0n) is 7.97. The molecule has 0 aromatic heterocycles. The second-order valence-corrected chi connectivity index (χ2v) is 2.65. The molecular formula is C10H12FNO. The fourth-order valence-corrected chi connectivity index (χ4v) is 1.04. The van der Waals surface area contributed by atoms with Gasteiger partial charge in [-0.25, -0.2) is 4.39 Å². The van der Waals surface area contributed by atoms with E-state index in [9.17, 15) is 4.39 Å². The Bertz CT molecular complexity index is 334. The number of hydrogen-bond acceptors (Lipinski definition) is 2. The lowest BCUT2D eigenvalue weighted by molar-refractivity contribution is 0.411. The zero-order valence-corrected chi connectivity index (χ0v) is 7.97. The van der Waals surface area contributed by atoms with E-state index in [1.54, 1.807) is 26.1 Å². The predicted molar refractivity (Wildman–Crippen MR) is 51.1 cm³/mol. The van der Waals surface area contributed by atoms with E-state index in [1.807, 2.05) is 0 Å². The molecule has 0 aliphatic heterocycles. The fourth-order valence-electron chi connectivity index (χ4n) is 1.04. The highest BCUT2D eigenvalue weighted by atomic mass is 19.1. The molecule has 0 fully saturated rings. The van der Waals surface area contributed by atoms with Gasteiger partial charge in [0.2, 0.25) is 0 Å². The lowest BCUT2D eigenvalue weighted by Gasteiger charge is -2.04. The van der Waals surface area contributed by atoms with Crippen molar-refractivity contribution in [1.29, 1.82) is 0 Å². The van der Waals surface area contributed by atoms with Gasteiger partial charge in [-0.2, -0.15) is 0 Å². The Labute approximate surface area is 77.1 Å². The number of aliphatic imine (C=N–C) groups is 1. The summed E-state index contributed by atoms with van der Waals surface area (Å²) >= 11 is 0. The Morgan fingerprint density at radius 2 is 2.15 bits per heavy atom. The molecule has 0 radical (unpaired) electrons. The van der Waals surface area contributed by atoms with Crippen LogP contribution in [0.3, 0.4) is 0 Å². The average Bonchev–Trinajstić information content (AvgIpc) is 2.16. The van der Waals surface area contributed by atoms with Crippen LogP contribution in [0.25, 0.3) is 0 Å². The van der Waals surface area contributed by atoms with Gasteiger partial charge >= 0.3 is 0 Å². The van der Waals surface area contributed by atoms with Crippen molar-refractivity contribution >= 4 is 5.71 Å². The van der Waals surface area contributed by atoms with Crippen LogP contribution in [-0.2, 0) is 0 Å². The van der Waals surface area contributed by atoms with Gasteiger partial charge in [0.05, 0.1) is 7.11 Å². The fraction of sp³-hybridized carbons (Fsp3) is 0.300. The zero-order chi connectivity index (χ0) is 9.84. The maximum absolute atomic E-state index is 13.3. The number of rotatable bonds is 2. The smallest absolute Gasteiger partial charge is 0.135 e. The Morgan fingerprint density at radius 1 is 1.46 bits per heavy atom. The van der Waals surface area contributed by atoms with Gasteiger partial charge < -0.3 is 4.74 Å². The van der Waals surface area contributed by atoms with Crippen molar-refractivity contribution in [2.24, 2.45) is 4.99 Å². The van der Waals surface area contributed by atoms with Crippen molar-refractivity contribution in [3.8, 4) is 5.75 Å². The summed E-state index contributed by atoms with van der Waals surface area (Å²) in [6.07, 6.45) is 0. The summed E-state index contributed by atoms with van der Waals surface area (Å²) in [7, 11) is 3.15. The van der Waals surface area contributed by atoms with E-state index in [-0.39, 0.29) is 5.82 Å². The summed E-state index contributed by atoms with van der Waals surface area (Å²) in [5.41, 5.74) is 1.20. The van der Waals surface area contributed by atoms with E-state index in [4.69, 9.17) is 4.74 Å². The van der Waals surface area contributed by atoms with Crippen molar-refractivity contribution < 1.29 is 9.13 Å². The molecule has 1 aromatic carbocycles. The Morgan fingerprint density at radius 3 is 2.62 bits per heavy atom. The molecule has 0 aliphatic rings. The first-order valence-corrected chi connectivity index (χ1v) is 3.96. The summed E-state index contributed by atoms with van der Waals surface area (Å²) in [5.74, 6) is 0.215. The van der Waals surface area contributed by atoms with E-state index in [0.29, 0.717) is 17.0 Å². The molecular weight excluding hydrogens is 169 g/mol. The standard InChI is InChI=1S/C10H12FNO/c1-7(12-2)9-5-4-8(13-3)6-10(9)11/h4-6H,1-3H3. The lowest BCUT2D eigenvalue weighted by atomic mass is 10.1. The predicted octanol–water partition coefficient (Wildman–Crippen LogP) is 2.27. The van der Waals surface area contributed by atoms with Crippen LogP contribution in [0, 0.1) is 5.82 Å². The Hall–Kier alpha value is -1.38. The van der Waals surface area contributed by atoms with Gasteiger partial charge in [-0.1, -0.05) is 0 Å². The number of benzene rings is 1. The first-order valence-electron chi connectivity index (χ1n) is 3.96. The summed E-state index contributed by atoms with van der Waals surface area (Å²) < 4.78 is 18.2. The lowest BCUT2D eigenvalue weighted by Crippen LogP contribution is -1.98. The van der Waals surface area contributed by atoms with Crippen molar-refractivity contribution in [3.05, 3.63) is 29.6 Å². The van der Waals surface area contributed by atoms with Crippen LogP contribution in [0.2, 0.25) is 0 Å². The van der Waals surface area contributed by atoms with Crippen LogP contribution in [0.1, 0.15) is 12.5 Å². The molecule has 0 saturated heterocycles. The van der Waals surface area contributed by atoms with Crippen molar-refractivity contribution in [3.63, 3.8) is 0 Å². The number of hydrogen-bond donors (Lipinski definition) is 0. The van der Waals surface area contributed by atoms with Gasteiger partial charge in [-0.05, 0) is 19.1 Å². The summed E-state index contributed by atoms with van der Waals surface area (Å²) in [6.45, 7) is 1.77. The van der Waals surface area contributed by atoms with Gasteiger partial charge in [-0.3, -0.25) is 4.99 Å². The van der Waals surface area contributed by atoms with Gasteiger partial charge in [0.15, 0.2) is 0 Å². The summed E-state index contributed by atoms with van der Waals surface area (Å²) in [4.78, 5) is 3.91. The minimum Gasteiger partial charge on any atom is -0.497 e. The van der Waals surface area contributed by atoms with Gasteiger partial charge in [0.1, 0.15) is 11.6 Å². The first-order chi connectivity index (χ1) is 6.19. The molecule has 3 heteroatoms. The Balaban J connectivity index is 3.12. The number of methoxy groups -OCH3 is 1. The van der Waals surface area contributed by atoms with Crippen molar-refractivity contribution in [1.82, 2.24) is 0 Å². The molecule has 0 bridgehead atoms. The van der Waals surface area contributed by atoms with Gasteiger partial charge in [0, 0.05) is 24.4 Å². The van der Waals surface area contributed by atoms with Crippen molar-refractivity contribution in [2.45, 2.75) is 6.92 Å². The van der Waals surface area contributed by atoms with Crippen LogP contribution in [0.5, 0.6) is 5.75 Å². The van der Waals surface area contributed by atoms with Crippen LogP contribution in [0.15, 0.2) is 23.2 Å². The third-order valence-corrected chi connectivity index (χ3v) is 1.90. The molecule has 70 valence electrons. The molecule has 0 atom stereocenters. The number of ether oxygens (including phenoxy) is 1. The number of nitrogens with zero attached hydrogens (tertiary/aromatic N) is 1. The highest BCUT2D eigenvalue weighted by Gasteiger charge is 2.05. The highest BCUT2D eigenvalue weighted by Crippen LogP contribution is 2.16. The molecule has 0 amide bonds. The van der Waals surface area contributed by atoms with Crippen molar-refractivity contribution in [2.75, 3.05) is 14.2 Å². The van der Waals surface area contributed by atoms with E-state index in [1.165, 1.54) is 13.2 Å². The third-order valence-electron chi connectivity index (χ3n) is 1.90. The van der Waals surface area contributed by atoms with E-state index in [2.05, 4.69) is 4.99 Å². The minimum atomic E-state index is -0.303. The molecule has 0 unspecified atom stereocenters. The maximum atomic E-state index is 13.3. The maximum Gasteiger partial charge on any atom is 0.135 e. The highest BCUT2D eigenvalue weighted by molar-refractivity contribution is 5.98. The molecule has 1 aromatic rings. The normalized spacial score (nSPS) is 11.5. The second-order valence-electron chi connectivity index (χ2n) is 2.65. The quantitative estimate of drug-likeness (QED) is 0.641. The first kappa shape index (κ1) is 9.71. The van der Waals surface area contributed by atoms with E-state index in [0.717, 1.165) is 0 Å². The van der Waals surface area contributed by atoms with Crippen LogP contribution in [0.4, 0.5) is 4.39 Å². The van der Waals surface area contributed by atoms with Crippen LogP contribution >= 0.6 is 0 Å². The topological polar surface area (TPSA) is 21.6 Å². The van der Waals surface area contributed by atoms with Gasteiger partial charge in [-0.15, -0.1) is 0 Å². The minimum absolute atomic E-state index is 0.303.